The Balaban J connectivity index is 2.24. The second kappa shape index (κ2) is 4.73. The monoisotopic (exact) mass is 243 g/mol. The summed E-state index contributed by atoms with van der Waals surface area (Å²) in [5.41, 5.74) is 1.21. The van der Waals surface area contributed by atoms with Crippen LogP contribution in [0.4, 0.5) is 0 Å². The van der Waals surface area contributed by atoms with Gasteiger partial charge in [0.05, 0.1) is 0 Å². The third-order valence-electron chi connectivity index (χ3n) is 3.18. The van der Waals surface area contributed by atoms with Gasteiger partial charge in [-0.15, -0.1) is 0 Å². The summed E-state index contributed by atoms with van der Waals surface area (Å²) >= 11 is 12.0. The molecule has 0 saturated heterocycles. The van der Waals surface area contributed by atoms with Crippen LogP contribution in [0.25, 0.3) is 0 Å². The van der Waals surface area contributed by atoms with Crippen LogP contribution in [0.1, 0.15) is 30.9 Å². The zero-order valence-corrected chi connectivity index (χ0v) is 10.3. The minimum absolute atomic E-state index is 0.398. The summed E-state index contributed by atoms with van der Waals surface area (Å²) in [6, 6.07) is 6.19. The van der Waals surface area contributed by atoms with Crippen molar-refractivity contribution in [1.29, 1.82) is 0 Å². The van der Waals surface area contributed by atoms with E-state index in [9.17, 15) is 0 Å². The predicted molar refractivity (Wildman–Crippen MR) is 65.6 cm³/mol. The van der Waals surface area contributed by atoms with Gasteiger partial charge < -0.3 is 5.32 Å². The first kappa shape index (κ1) is 11.3. The third-order valence-corrected chi connectivity index (χ3v) is 3.61. The molecular weight excluding hydrogens is 229 g/mol. The van der Waals surface area contributed by atoms with Crippen LogP contribution < -0.4 is 5.32 Å². The van der Waals surface area contributed by atoms with E-state index < -0.39 is 0 Å². The first-order chi connectivity index (χ1) is 7.20. The third kappa shape index (κ3) is 2.47. The molecule has 1 aliphatic rings. The molecular formula is C12H15Cl2N. The van der Waals surface area contributed by atoms with E-state index in [0.29, 0.717) is 6.04 Å². The molecule has 15 heavy (non-hydrogen) atoms. The quantitative estimate of drug-likeness (QED) is 0.845. The zero-order chi connectivity index (χ0) is 10.8. The van der Waals surface area contributed by atoms with Crippen LogP contribution in [-0.2, 0) is 0 Å². The van der Waals surface area contributed by atoms with E-state index >= 15 is 0 Å². The molecule has 0 aromatic heterocycles. The van der Waals surface area contributed by atoms with E-state index in [-0.39, 0.29) is 0 Å². The van der Waals surface area contributed by atoms with Gasteiger partial charge in [-0.05, 0) is 49.6 Å². The summed E-state index contributed by atoms with van der Waals surface area (Å²) in [7, 11) is 2.00. The van der Waals surface area contributed by atoms with Crippen molar-refractivity contribution in [3.63, 3.8) is 0 Å². The lowest BCUT2D eigenvalue weighted by Crippen LogP contribution is -2.29. The highest BCUT2D eigenvalue weighted by Crippen LogP contribution is 2.38. The highest BCUT2D eigenvalue weighted by Gasteiger charge is 2.27. The molecule has 2 rings (SSSR count). The van der Waals surface area contributed by atoms with E-state index in [0.717, 1.165) is 16.0 Å². The maximum Gasteiger partial charge on any atom is 0.0424 e. The number of hydrogen-bond acceptors (Lipinski definition) is 1. The van der Waals surface area contributed by atoms with Gasteiger partial charge in [-0.25, -0.2) is 0 Å². The minimum atomic E-state index is 0.398. The van der Waals surface area contributed by atoms with Crippen LogP contribution in [0.5, 0.6) is 0 Å². The fraction of sp³-hybridized carbons (Fsp3) is 0.500. The Morgan fingerprint density at radius 1 is 1.20 bits per heavy atom. The minimum Gasteiger partial charge on any atom is -0.313 e. The molecule has 0 heterocycles. The fourth-order valence-corrected chi connectivity index (χ4v) is 2.75. The van der Waals surface area contributed by atoms with Gasteiger partial charge in [-0.3, -0.25) is 0 Å². The predicted octanol–water partition coefficient (Wildman–Crippen LogP) is 4.05. The molecule has 1 fully saturated rings. The van der Waals surface area contributed by atoms with Crippen molar-refractivity contribution < 1.29 is 0 Å². The fourth-order valence-electron chi connectivity index (χ4n) is 2.20. The second-order valence-electron chi connectivity index (χ2n) is 4.16. The molecule has 1 unspecified atom stereocenters. The smallest absolute Gasteiger partial charge is 0.0424 e. The summed E-state index contributed by atoms with van der Waals surface area (Å²) in [5.74, 6) is 0.740. The molecule has 0 bridgehead atoms. The van der Waals surface area contributed by atoms with E-state index in [1.807, 2.05) is 19.2 Å². The Kier molecular flexibility index (Phi) is 3.55. The van der Waals surface area contributed by atoms with Gasteiger partial charge in [0, 0.05) is 16.1 Å². The van der Waals surface area contributed by atoms with Crippen molar-refractivity contribution >= 4 is 23.2 Å². The lowest BCUT2D eigenvalue weighted by Gasteiger charge is -2.34. The molecule has 1 atom stereocenters. The lowest BCUT2D eigenvalue weighted by atomic mass is 9.77. The van der Waals surface area contributed by atoms with Crippen LogP contribution in [-0.4, -0.2) is 7.05 Å². The number of benzene rings is 1. The molecule has 3 heteroatoms. The summed E-state index contributed by atoms with van der Waals surface area (Å²) in [5, 5.41) is 4.80. The van der Waals surface area contributed by atoms with Crippen molar-refractivity contribution in [2.24, 2.45) is 5.92 Å². The highest BCUT2D eigenvalue weighted by atomic mass is 35.5. The Labute approximate surface area is 101 Å². The summed E-state index contributed by atoms with van der Waals surface area (Å²) in [4.78, 5) is 0. The van der Waals surface area contributed by atoms with Crippen molar-refractivity contribution in [1.82, 2.24) is 5.32 Å². The molecule has 0 amide bonds. The Hall–Kier alpha value is -0.240. The first-order valence-corrected chi connectivity index (χ1v) is 6.09. The van der Waals surface area contributed by atoms with Crippen LogP contribution in [0, 0.1) is 5.92 Å². The topological polar surface area (TPSA) is 12.0 Å². The molecule has 0 aliphatic heterocycles. The molecule has 1 aliphatic carbocycles. The molecule has 1 saturated carbocycles. The molecule has 1 nitrogen and oxygen atoms in total. The van der Waals surface area contributed by atoms with E-state index in [1.165, 1.54) is 24.8 Å². The van der Waals surface area contributed by atoms with Crippen molar-refractivity contribution in [3.05, 3.63) is 33.8 Å². The van der Waals surface area contributed by atoms with E-state index in [4.69, 9.17) is 23.2 Å². The number of nitrogens with one attached hydrogen (secondary N) is 1. The van der Waals surface area contributed by atoms with Gasteiger partial charge in [0.2, 0.25) is 0 Å². The Bertz CT molecular complexity index is 327. The lowest BCUT2D eigenvalue weighted by molar-refractivity contribution is 0.239. The van der Waals surface area contributed by atoms with Gasteiger partial charge in [0.1, 0.15) is 0 Å². The van der Waals surface area contributed by atoms with Crippen LogP contribution in [0.15, 0.2) is 18.2 Å². The van der Waals surface area contributed by atoms with Crippen LogP contribution in [0.2, 0.25) is 10.0 Å². The molecule has 0 spiro atoms. The highest BCUT2D eigenvalue weighted by molar-refractivity contribution is 6.34. The van der Waals surface area contributed by atoms with Crippen molar-refractivity contribution in [3.8, 4) is 0 Å². The number of rotatable bonds is 3. The van der Waals surface area contributed by atoms with Crippen molar-refractivity contribution in [2.75, 3.05) is 7.05 Å². The van der Waals surface area contributed by atoms with E-state index in [2.05, 4.69) is 5.32 Å². The molecule has 1 N–H and O–H groups in total. The van der Waals surface area contributed by atoms with Gasteiger partial charge in [-0.1, -0.05) is 29.6 Å². The zero-order valence-electron chi connectivity index (χ0n) is 8.76. The first-order valence-electron chi connectivity index (χ1n) is 5.34. The van der Waals surface area contributed by atoms with Crippen molar-refractivity contribution in [2.45, 2.75) is 25.3 Å². The van der Waals surface area contributed by atoms with Crippen LogP contribution in [0.3, 0.4) is 0 Å². The summed E-state index contributed by atoms with van der Waals surface area (Å²) in [6.45, 7) is 0. The number of hydrogen-bond donors (Lipinski definition) is 1. The van der Waals surface area contributed by atoms with Gasteiger partial charge in [0.15, 0.2) is 0 Å². The normalized spacial score (nSPS) is 18.6. The SMILES string of the molecule is CNC(c1cc(Cl)cc(Cl)c1)C1CCC1. The summed E-state index contributed by atoms with van der Waals surface area (Å²) < 4.78 is 0. The second-order valence-corrected chi connectivity index (χ2v) is 5.03. The molecule has 82 valence electrons. The summed E-state index contributed by atoms with van der Waals surface area (Å²) in [6.07, 6.45) is 3.95. The molecule has 1 aromatic carbocycles. The van der Waals surface area contributed by atoms with Crippen LogP contribution >= 0.6 is 23.2 Å². The maximum atomic E-state index is 6.00. The number of halogens is 2. The average Bonchev–Trinajstić information content (AvgIpc) is 2.08. The van der Waals surface area contributed by atoms with E-state index in [1.54, 1.807) is 6.07 Å². The largest absolute Gasteiger partial charge is 0.313 e. The van der Waals surface area contributed by atoms with Gasteiger partial charge in [-0.2, -0.15) is 0 Å². The molecule has 1 aromatic rings. The maximum absolute atomic E-state index is 6.00. The Morgan fingerprint density at radius 3 is 2.20 bits per heavy atom. The standard InChI is InChI=1S/C12H15Cl2N/c1-15-12(8-3-2-4-8)9-5-10(13)7-11(14)6-9/h5-8,12,15H,2-4H2,1H3. The Morgan fingerprint density at radius 2 is 1.80 bits per heavy atom. The van der Waals surface area contributed by atoms with Gasteiger partial charge >= 0.3 is 0 Å². The van der Waals surface area contributed by atoms with Gasteiger partial charge in [0.25, 0.3) is 0 Å². The molecule has 0 radical (unpaired) electrons. The average molecular weight is 244 g/mol.